The van der Waals surface area contributed by atoms with Crippen LogP contribution in [-0.4, -0.2) is 40.1 Å². The molecule has 1 amide bonds. The highest BCUT2D eigenvalue weighted by Crippen LogP contribution is 2.11. The zero-order chi connectivity index (χ0) is 10.8. The first kappa shape index (κ1) is 10.3. The van der Waals surface area contributed by atoms with E-state index >= 15 is 0 Å². The molecule has 1 saturated heterocycles. The average Bonchev–Trinajstić information content (AvgIpc) is 2.56. The number of carbonyl (C=O) groups is 1. The Morgan fingerprint density at radius 1 is 1.73 bits per heavy atom. The summed E-state index contributed by atoms with van der Waals surface area (Å²) in [5.41, 5.74) is 0.812. The van der Waals surface area contributed by atoms with E-state index in [-0.39, 0.29) is 12.0 Å². The van der Waals surface area contributed by atoms with E-state index in [9.17, 15) is 4.79 Å². The van der Waals surface area contributed by atoms with Crippen molar-refractivity contribution in [1.82, 2.24) is 9.88 Å². The van der Waals surface area contributed by atoms with Crippen LogP contribution in [0.4, 0.5) is 0 Å². The molecule has 2 heterocycles. The Bertz CT molecular complexity index is 394. The molecular weight excluding hydrogens is 212 g/mol. The first-order valence-corrected chi connectivity index (χ1v) is 5.60. The van der Waals surface area contributed by atoms with E-state index in [4.69, 9.17) is 5.11 Å². The van der Waals surface area contributed by atoms with E-state index in [1.54, 1.807) is 22.3 Å². The summed E-state index contributed by atoms with van der Waals surface area (Å²) in [6.45, 7) is 2.81. The number of aliphatic hydroxyl groups is 1. The van der Waals surface area contributed by atoms with Gasteiger partial charge in [0.2, 0.25) is 5.91 Å². The van der Waals surface area contributed by atoms with E-state index < -0.39 is 0 Å². The topological polar surface area (TPSA) is 53.4 Å². The fraction of sp³-hybridized carbons (Fsp3) is 0.400. The number of β-amino-alcohol motifs (C(OH)–C–C–N with tert-alkyl or cyclic N) is 1. The summed E-state index contributed by atoms with van der Waals surface area (Å²) in [5.74, 6) is -0.0639. The van der Waals surface area contributed by atoms with Crippen LogP contribution in [-0.2, 0) is 4.79 Å². The monoisotopic (exact) mass is 224 g/mol. The molecule has 5 heteroatoms. The van der Waals surface area contributed by atoms with Crippen molar-refractivity contribution in [2.75, 3.05) is 13.1 Å². The number of likely N-dealkylation sites (tertiary alicyclic amines) is 1. The van der Waals surface area contributed by atoms with Crippen molar-refractivity contribution in [2.24, 2.45) is 0 Å². The van der Waals surface area contributed by atoms with Crippen LogP contribution in [0.5, 0.6) is 0 Å². The van der Waals surface area contributed by atoms with Gasteiger partial charge in [-0.15, -0.1) is 11.3 Å². The lowest BCUT2D eigenvalue weighted by Crippen LogP contribution is -2.52. The SMILES string of the molecule is Cc1nc(C=CC(=O)N2CC(O)C2)cs1. The van der Waals surface area contributed by atoms with Crippen molar-refractivity contribution in [3.63, 3.8) is 0 Å². The van der Waals surface area contributed by atoms with Crippen molar-refractivity contribution in [3.8, 4) is 0 Å². The first-order valence-electron chi connectivity index (χ1n) is 4.72. The number of carbonyl (C=O) groups excluding carboxylic acids is 1. The fourth-order valence-corrected chi connectivity index (χ4v) is 1.93. The average molecular weight is 224 g/mol. The van der Waals surface area contributed by atoms with Gasteiger partial charge in [0.1, 0.15) is 0 Å². The third-order valence-electron chi connectivity index (χ3n) is 2.21. The molecule has 1 aliphatic heterocycles. The Morgan fingerprint density at radius 2 is 2.47 bits per heavy atom. The molecule has 0 aliphatic carbocycles. The Labute approximate surface area is 91.9 Å². The number of nitrogens with zero attached hydrogens (tertiary/aromatic N) is 2. The van der Waals surface area contributed by atoms with Crippen LogP contribution in [0.3, 0.4) is 0 Å². The maximum absolute atomic E-state index is 11.5. The van der Waals surface area contributed by atoms with Gasteiger partial charge in [0.15, 0.2) is 0 Å². The normalized spacial score (nSPS) is 17.1. The molecule has 0 radical (unpaired) electrons. The van der Waals surface area contributed by atoms with Gasteiger partial charge in [0.05, 0.1) is 16.8 Å². The van der Waals surface area contributed by atoms with E-state index in [0.29, 0.717) is 13.1 Å². The summed E-state index contributed by atoms with van der Waals surface area (Å²) in [6, 6.07) is 0. The number of aryl methyl sites for hydroxylation is 1. The summed E-state index contributed by atoms with van der Waals surface area (Å²) in [4.78, 5) is 17.3. The second-order valence-corrected chi connectivity index (χ2v) is 4.58. The molecular formula is C10H12N2O2S. The number of hydrogen-bond acceptors (Lipinski definition) is 4. The minimum absolute atomic E-state index is 0.0639. The number of thiazole rings is 1. The Hall–Kier alpha value is -1.20. The van der Waals surface area contributed by atoms with Crippen molar-refractivity contribution in [2.45, 2.75) is 13.0 Å². The molecule has 1 N–H and O–H groups in total. The number of amides is 1. The van der Waals surface area contributed by atoms with Gasteiger partial charge in [-0.05, 0) is 13.0 Å². The number of aromatic nitrogens is 1. The van der Waals surface area contributed by atoms with E-state index in [1.165, 1.54) is 6.08 Å². The quantitative estimate of drug-likeness (QED) is 0.751. The second-order valence-electron chi connectivity index (χ2n) is 3.52. The van der Waals surface area contributed by atoms with Crippen LogP contribution in [0.25, 0.3) is 6.08 Å². The van der Waals surface area contributed by atoms with Gasteiger partial charge in [-0.2, -0.15) is 0 Å². The van der Waals surface area contributed by atoms with Crippen LogP contribution < -0.4 is 0 Å². The lowest BCUT2D eigenvalue weighted by atomic mass is 10.1. The highest BCUT2D eigenvalue weighted by atomic mass is 32.1. The third-order valence-corrected chi connectivity index (χ3v) is 3.00. The molecule has 80 valence electrons. The van der Waals surface area contributed by atoms with Gasteiger partial charge < -0.3 is 10.0 Å². The predicted octanol–water partition coefficient (Wildman–Crippen LogP) is 0.668. The van der Waals surface area contributed by atoms with Crippen LogP contribution in [0, 0.1) is 6.92 Å². The second kappa shape index (κ2) is 4.12. The maximum Gasteiger partial charge on any atom is 0.246 e. The molecule has 1 fully saturated rings. The summed E-state index contributed by atoms with van der Waals surface area (Å²) >= 11 is 1.56. The third kappa shape index (κ3) is 2.43. The van der Waals surface area contributed by atoms with Gasteiger partial charge in [0.25, 0.3) is 0 Å². The van der Waals surface area contributed by atoms with E-state index in [1.807, 2.05) is 12.3 Å². The summed E-state index contributed by atoms with van der Waals surface area (Å²) in [6.07, 6.45) is 2.86. The largest absolute Gasteiger partial charge is 0.389 e. The van der Waals surface area contributed by atoms with Gasteiger partial charge in [-0.25, -0.2) is 4.98 Å². The molecule has 0 spiro atoms. The maximum atomic E-state index is 11.5. The van der Waals surface area contributed by atoms with Crippen LogP contribution in [0.2, 0.25) is 0 Å². The molecule has 0 aromatic carbocycles. The summed E-state index contributed by atoms with van der Waals surface area (Å²) < 4.78 is 0. The molecule has 1 aromatic heterocycles. The number of aliphatic hydroxyl groups excluding tert-OH is 1. The van der Waals surface area contributed by atoms with Gasteiger partial charge >= 0.3 is 0 Å². The van der Waals surface area contributed by atoms with Crippen LogP contribution >= 0.6 is 11.3 Å². The van der Waals surface area contributed by atoms with Crippen molar-refractivity contribution in [3.05, 3.63) is 22.2 Å². The van der Waals surface area contributed by atoms with Crippen LogP contribution in [0.15, 0.2) is 11.5 Å². The zero-order valence-electron chi connectivity index (χ0n) is 8.38. The minimum atomic E-state index is -0.344. The molecule has 15 heavy (non-hydrogen) atoms. The van der Waals surface area contributed by atoms with Gasteiger partial charge in [-0.3, -0.25) is 4.79 Å². The van der Waals surface area contributed by atoms with E-state index in [0.717, 1.165) is 10.7 Å². The lowest BCUT2D eigenvalue weighted by molar-refractivity contribution is -0.135. The first-order chi connectivity index (χ1) is 7.15. The smallest absolute Gasteiger partial charge is 0.246 e. The summed E-state index contributed by atoms with van der Waals surface area (Å²) in [7, 11) is 0. The standard InChI is InChI=1S/C10H12N2O2S/c1-7-11-8(6-15-7)2-3-10(14)12-4-9(13)5-12/h2-3,6,9,13H,4-5H2,1H3. The van der Waals surface area contributed by atoms with Crippen LogP contribution in [0.1, 0.15) is 10.7 Å². The van der Waals surface area contributed by atoms with Gasteiger partial charge in [-0.1, -0.05) is 0 Å². The molecule has 2 rings (SSSR count). The number of rotatable bonds is 2. The molecule has 0 atom stereocenters. The Kier molecular flexibility index (Phi) is 2.83. The molecule has 0 saturated carbocycles. The Morgan fingerprint density at radius 3 is 3.00 bits per heavy atom. The van der Waals surface area contributed by atoms with Crippen molar-refractivity contribution < 1.29 is 9.90 Å². The Balaban J connectivity index is 1.91. The summed E-state index contributed by atoms with van der Waals surface area (Å²) in [5, 5.41) is 11.9. The highest BCUT2D eigenvalue weighted by molar-refractivity contribution is 7.09. The van der Waals surface area contributed by atoms with E-state index in [2.05, 4.69) is 4.98 Å². The van der Waals surface area contributed by atoms with Gasteiger partial charge in [0, 0.05) is 24.5 Å². The molecule has 4 nitrogen and oxygen atoms in total. The predicted molar refractivity (Wildman–Crippen MR) is 58.5 cm³/mol. The lowest BCUT2D eigenvalue weighted by Gasteiger charge is -2.34. The fourth-order valence-electron chi connectivity index (χ4n) is 1.35. The van der Waals surface area contributed by atoms with Crippen molar-refractivity contribution >= 4 is 23.3 Å². The highest BCUT2D eigenvalue weighted by Gasteiger charge is 2.26. The zero-order valence-corrected chi connectivity index (χ0v) is 9.20. The molecule has 0 unspecified atom stereocenters. The molecule has 1 aromatic rings. The minimum Gasteiger partial charge on any atom is -0.389 e. The molecule has 0 bridgehead atoms. The van der Waals surface area contributed by atoms with Crippen molar-refractivity contribution in [1.29, 1.82) is 0 Å². The molecule has 1 aliphatic rings. The number of hydrogen-bond donors (Lipinski definition) is 1.